The van der Waals surface area contributed by atoms with Crippen LogP contribution >= 0.6 is 0 Å². The highest BCUT2D eigenvalue weighted by molar-refractivity contribution is 5.93. The van der Waals surface area contributed by atoms with Crippen molar-refractivity contribution in [2.24, 2.45) is 0 Å². The minimum Gasteiger partial charge on any atom is -0.506 e. The number of fused-ring (bicyclic) bond motifs is 2. The largest absolute Gasteiger partial charge is 0.506 e. The van der Waals surface area contributed by atoms with Crippen LogP contribution < -0.4 is 26.8 Å². The summed E-state index contributed by atoms with van der Waals surface area (Å²) in [6.45, 7) is 7.58. The average Bonchev–Trinajstić information content (AvgIpc) is 3.58. The molecular weight excluding hydrogens is 660 g/mol. The Morgan fingerprint density at radius 2 is 1.90 bits per heavy atom. The van der Waals surface area contributed by atoms with Crippen molar-refractivity contribution in [1.82, 2.24) is 30.4 Å². The number of unbranched alkanes of at least 4 members (excludes halogenated alkanes) is 1. The molecule has 13 nitrogen and oxygen atoms in total. The van der Waals surface area contributed by atoms with E-state index in [1.165, 1.54) is 12.1 Å². The van der Waals surface area contributed by atoms with Crippen molar-refractivity contribution in [1.29, 1.82) is 0 Å². The number of aliphatic hydroxyl groups excluding tert-OH is 1. The number of aliphatic hydroxyl groups is 1. The number of H-pyrrole nitrogens is 1. The quantitative estimate of drug-likeness (QED) is 0.0661. The van der Waals surface area contributed by atoms with Gasteiger partial charge in [-0.1, -0.05) is 24.8 Å². The summed E-state index contributed by atoms with van der Waals surface area (Å²) >= 11 is 0. The number of pyridine rings is 2. The number of phenols is 1. The molecule has 13 heteroatoms. The van der Waals surface area contributed by atoms with Crippen molar-refractivity contribution in [3.05, 3.63) is 87.5 Å². The number of amides is 2. The summed E-state index contributed by atoms with van der Waals surface area (Å²) < 4.78 is 7.48. The first-order valence-corrected chi connectivity index (χ1v) is 17.9. The van der Waals surface area contributed by atoms with Crippen LogP contribution in [0.2, 0.25) is 0 Å². The number of nitrogens with zero attached hydrogens (tertiary/aromatic N) is 3. The molecule has 2 amide bonds. The SMILES string of the molecule is CCc1nc2c(cnn2CC)c(NC2CCOCC2)c1CNC(=O)Nc1ccc(C#CCCCNCC(O)c2ccc(O)c3[nH]c(=O)ccc23)cc1. The van der Waals surface area contributed by atoms with E-state index in [0.717, 1.165) is 79.0 Å². The third-order valence-electron chi connectivity index (χ3n) is 9.24. The fraction of sp³-hybridized carbons (Fsp3) is 0.385. The number of nitrogens with one attached hydrogen (secondary N) is 5. The molecule has 0 bridgehead atoms. The van der Waals surface area contributed by atoms with Crippen molar-refractivity contribution >= 4 is 39.3 Å². The summed E-state index contributed by atoms with van der Waals surface area (Å²) in [7, 11) is 0. The average molecular weight is 707 g/mol. The molecule has 1 fully saturated rings. The number of benzene rings is 2. The van der Waals surface area contributed by atoms with E-state index < -0.39 is 6.10 Å². The number of hydrogen-bond donors (Lipinski definition) is 7. The summed E-state index contributed by atoms with van der Waals surface area (Å²) in [6, 6.07) is 13.5. The first-order chi connectivity index (χ1) is 25.3. The Hall–Kier alpha value is -5.42. The fourth-order valence-corrected chi connectivity index (χ4v) is 6.45. The number of rotatable bonds is 13. The number of aromatic amines is 1. The van der Waals surface area contributed by atoms with Crippen LogP contribution in [0.3, 0.4) is 0 Å². The number of hydrogen-bond acceptors (Lipinski definition) is 9. The first-order valence-electron chi connectivity index (χ1n) is 17.9. The van der Waals surface area contributed by atoms with Gasteiger partial charge < -0.3 is 41.2 Å². The van der Waals surface area contributed by atoms with Crippen molar-refractivity contribution in [3.63, 3.8) is 0 Å². The van der Waals surface area contributed by atoms with E-state index in [-0.39, 0.29) is 23.4 Å². The second kappa shape index (κ2) is 17.2. The number of ether oxygens (including phenoxy) is 1. The second-order valence-electron chi connectivity index (χ2n) is 12.8. The van der Waals surface area contributed by atoms with Gasteiger partial charge in [0.25, 0.3) is 0 Å². The third-order valence-corrected chi connectivity index (χ3v) is 9.24. The van der Waals surface area contributed by atoms with E-state index in [1.807, 2.05) is 35.1 Å². The molecule has 4 heterocycles. The lowest BCUT2D eigenvalue weighted by Gasteiger charge is -2.26. The van der Waals surface area contributed by atoms with Crippen LogP contribution in [0.15, 0.2) is 59.5 Å². The summed E-state index contributed by atoms with van der Waals surface area (Å²) in [5.41, 5.74) is 5.84. The van der Waals surface area contributed by atoms with Gasteiger partial charge in [0.15, 0.2) is 5.65 Å². The third kappa shape index (κ3) is 8.71. The van der Waals surface area contributed by atoms with Gasteiger partial charge in [0.2, 0.25) is 5.56 Å². The Bertz CT molecular complexity index is 2130. The predicted octanol–water partition coefficient (Wildman–Crippen LogP) is 4.93. The zero-order chi connectivity index (χ0) is 36.5. The number of carbonyl (C=O) groups excluding carboxylic acids is 1. The van der Waals surface area contributed by atoms with E-state index in [2.05, 4.69) is 57.0 Å². The highest BCUT2D eigenvalue weighted by atomic mass is 16.5. The number of carbonyl (C=O) groups is 1. The molecule has 2 aromatic carbocycles. The van der Waals surface area contributed by atoms with Gasteiger partial charge in [-0.2, -0.15) is 5.10 Å². The monoisotopic (exact) mass is 706 g/mol. The van der Waals surface area contributed by atoms with Crippen LogP contribution in [0, 0.1) is 11.8 Å². The number of anilines is 2. The lowest BCUT2D eigenvalue weighted by molar-refractivity contribution is 0.0904. The van der Waals surface area contributed by atoms with Crippen molar-refractivity contribution in [2.45, 2.75) is 71.2 Å². The topological polar surface area (TPSA) is 178 Å². The van der Waals surface area contributed by atoms with Crippen LogP contribution in [-0.2, 0) is 24.2 Å². The maximum absolute atomic E-state index is 13.0. The summed E-state index contributed by atoms with van der Waals surface area (Å²) in [4.78, 5) is 32.2. The minimum atomic E-state index is -0.808. The highest BCUT2D eigenvalue weighted by Gasteiger charge is 2.22. The van der Waals surface area contributed by atoms with E-state index in [1.54, 1.807) is 12.1 Å². The molecule has 272 valence electrons. The Balaban J connectivity index is 0.980. The zero-order valence-electron chi connectivity index (χ0n) is 29.6. The first kappa shape index (κ1) is 36.4. The lowest BCUT2D eigenvalue weighted by Crippen LogP contribution is -2.31. The smallest absolute Gasteiger partial charge is 0.319 e. The maximum atomic E-state index is 13.0. The Morgan fingerprint density at radius 1 is 1.10 bits per heavy atom. The van der Waals surface area contributed by atoms with Crippen LogP contribution in [0.25, 0.3) is 21.9 Å². The molecule has 7 N–H and O–H groups in total. The fourth-order valence-electron chi connectivity index (χ4n) is 6.45. The Labute approximate surface area is 302 Å². The molecule has 5 aromatic rings. The molecule has 6 rings (SSSR count). The number of phenolic OH excluding ortho intramolecular Hbond substituents is 1. The van der Waals surface area contributed by atoms with E-state index in [4.69, 9.17) is 9.72 Å². The highest BCUT2D eigenvalue weighted by Crippen LogP contribution is 2.32. The van der Waals surface area contributed by atoms with Crippen LogP contribution in [0.4, 0.5) is 16.2 Å². The van der Waals surface area contributed by atoms with Crippen molar-refractivity contribution in [2.75, 3.05) is 36.9 Å². The zero-order valence-corrected chi connectivity index (χ0v) is 29.6. The molecule has 1 unspecified atom stereocenters. The predicted molar refractivity (Wildman–Crippen MR) is 203 cm³/mol. The minimum absolute atomic E-state index is 0.0375. The molecule has 0 saturated carbocycles. The lowest BCUT2D eigenvalue weighted by atomic mass is 10.0. The van der Waals surface area contributed by atoms with Gasteiger partial charge in [-0.25, -0.2) is 14.5 Å². The van der Waals surface area contributed by atoms with Gasteiger partial charge in [-0.3, -0.25) is 4.79 Å². The summed E-state index contributed by atoms with van der Waals surface area (Å²) in [5.74, 6) is 6.31. The molecule has 1 atom stereocenters. The number of aryl methyl sites for hydroxylation is 2. The normalized spacial score (nSPS) is 13.8. The van der Waals surface area contributed by atoms with Crippen molar-refractivity contribution in [3.8, 4) is 17.6 Å². The van der Waals surface area contributed by atoms with E-state index in [9.17, 15) is 19.8 Å². The molecule has 0 aliphatic carbocycles. The van der Waals surface area contributed by atoms with Gasteiger partial charge >= 0.3 is 6.03 Å². The summed E-state index contributed by atoms with van der Waals surface area (Å²) in [5, 5.41) is 39.8. The number of aromatic hydroxyl groups is 1. The second-order valence-corrected chi connectivity index (χ2v) is 12.8. The molecule has 0 spiro atoms. The van der Waals surface area contributed by atoms with Crippen LogP contribution in [0.5, 0.6) is 5.75 Å². The standard InChI is InChI=1S/C39H46N8O5/c1-3-32-30(36(43-27-17-20-52-21-18-27)31-23-42-47(4-2)38(31)45-32)22-41-39(51)44-26-11-9-25(10-12-26)8-6-5-7-19-40-24-34(49)28-13-15-33(48)37-29(28)14-16-35(50)46-37/h9-16,23,27,34,40,48-49H,3-5,7,17-22,24H2,1-2H3,(H,43,45)(H,46,50)(H2,41,44,51). The van der Waals surface area contributed by atoms with Gasteiger partial charge in [0, 0.05) is 79.3 Å². The Kier molecular flexibility index (Phi) is 12.0. The number of urea groups is 1. The molecule has 0 radical (unpaired) electrons. The van der Waals surface area contributed by atoms with Gasteiger partial charge in [0.1, 0.15) is 5.75 Å². The van der Waals surface area contributed by atoms with E-state index in [0.29, 0.717) is 48.2 Å². The van der Waals surface area contributed by atoms with Gasteiger partial charge in [-0.05, 0) is 81.1 Å². The molecule has 1 saturated heterocycles. The molecule has 52 heavy (non-hydrogen) atoms. The van der Waals surface area contributed by atoms with Crippen LogP contribution in [-0.4, -0.2) is 68.3 Å². The molecule has 3 aromatic heterocycles. The van der Waals surface area contributed by atoms with Crippen molar-refractivity contribution < 1.29 is 19.7 Å². The molecular formula is C39H46N8O5. The van der Waals surface area contributed by atoms with Crippen LogP contribution in [0.1, 0.15) is 68.0 Å². The van der Waals surface area contributed by atoms with Gasteiger partial charge in [0.05, 0.1) is 28.9 Å². The molecule has 1 aliphatic rings. The number of aromatic nitrogens is 4. The Morgan fingerprint density at radius 3 is 2.67 bits per heavy atom. The summed E-state index contributed by atoms with van der Waals surface area (Å²) in [6.07, 6.45) is 5.05. The molecule has 1 aliphatic heterocycles. The van der Waals surface area contributed by atoms with E-state index >= 15 is 0 Å². The van der Waals surface area contributed by atoms with Gasteiger partial charge in [-0.15, -0.1) is 0 Å². The maximum Gasteiger partial charge on any atom is 0.319 e.